The molecular weight excluding hydrogens is 178 g/mol. The maximum Gasteiger partial charge on any atom is 0.0163 e. The lowest BCUT2D eigenvalue weighted by Crippen LogP contribution is -2.36. The van der Waals surface area contributed by atoms with Gasteiger partial charge in [0.05, 0.1) is 0 Å². The van der Waals surface area contributed by atoms with Crippen molar-refractivity contribution in [2.45, 2.75) is 31.7 Å². The van der Waals surface area contributed by atoms with Crippen LogP contribution in [0.2, 0.25) is 0 Å². The van der Waals surface area contributed by atoms with Gasteiger partial charge in [0.25, 0.3) is 0 Å². The molecule has 70 valence electrons. The first-order chi connectivity index (χ1) is 6.17. The van der Waals surface area contributed by atoms with Crippen LogP contribution in [-0.4, -0.2) is 5.54 Å². The Morgan fingerprint density at radius 1 is 1.54 bits per heavy atom. The topological polar surface area (TPSA) is 26.0 Å². The Balaban J connectivity index is 2.16. The van der Waals surface area contributed by atoms with Gasteiger partial charge in [-0.25, -0.2) is 0 Å². The van der Waals surface area contributed by atoms with Gasteiger partial charge in [-0.05, 0) is 54.1 Å². The minimum Gasteiger partial charge on any atom is -0.325 e. The van der Waals surface area contributed by atoms with Gasteiger partial charge in [0.2, 0.25) is 0 Å². The summed E-state index contributed by atoms with van der Waals surface area (Å²) in [5, 5.41) is 4.34. The van der Waals surface area contributed by atoms with Crippen LogP contribution in [0.4, 0.5) is 0 Å². The maximum absolute atomic E-state index is 6.05. The zero-order chi connectivity index (χ0) is 9.31. The van der Waals surface area contributed by atoms with Crippen molar-refractivity contribution in [3.05, 3.63) is 28.5 Å². The van der Waals surface area contributed by atoms with E-state index in [0.717, 1.165) is 19.3 Å². The summed E-state index contributed by atoms with van der Waals surface area (Å²) in [5.41, 5.74) is 8.94. The number of hydrogen-bond donors (Lipinski definition) is 1. The smallest absolute Gasteiger partial charge is 0.0163 e. The van der Waals surface area contributed by atoms with Crippen LogP contribution in [0.5, 0.6) is 0 Å². The van der Waals surface area contributed by atoms with Crippen molar-refractivity contribution in [3.8, 4) is 0 Å². The molecule has 0 saturated carbocycles. The Morgan fingerprint density at radius 2 is 2.38 bits per heavy atom. The molecule has 13 heavy (non-hydrogen) atoms. The molecule has 1 atom stereocenters. The average molecular weight is 193 g/mol. The van der Waals surface area contributed by atoms with E-state index in [0.29, 0.717) is 0 Å². The summed E-state index contributed by atoms with van der Waals surface area (Å²) in [6.45, 7) is 2.13. The second-order valence-electron chi connectivity index (χ2n) is 4.10. The van der Waals surface area contributed by atoms with E-state index in [-0.39, 0.29) is 5.54 Å². The van der Waals surface area contributed by atoms with Gasteiger partial charge in [0, 0.05) is 5.54 Å². The molecule has 1 nitrogen and oxygen atoms in total. The van der Waals surface area contributed by atoms with E-state index < -0.39 is 0 Å². The molecule has 1 aromatic rings. The number of thiophene rings is 1. The molecule has 0 bridgehead atoms. The zero-order valence-electron chi connectivity index (χ0n) is 7.92. The van der Waals surface area contributed by atoms with Crippen LogP contribution in [0, 0.1) is 0 Å². The first-order valence-electron chi connectivity index (χ1n) is 4.68. The fourth-order valence-electron chi connectivity index (χ4n) is 1.69. The molecule has 0 aromatic carbocycles. The summed E-state index contributed by atoms with van der Waals surface area (Å²) in [5.74, 6) is 0. The fourth-order valence-corrected chi connectivity index (χ4v) is 2.37. The molecule has 0 amide bonds. The van der Waals surface area contributed by atoms with Crippen LogP contribution in [-0.2, 0) is 0 Å². The number of allylic oxidation sites excluding steroid dienone is 1. The quantitative estimate of drug-likeness (QED) is 0.729. The molecule has 1 unspecified atom stereocenters. The number of hydrogen-bond acceptors (Lipinski definition) is 2. The lowest BCUT2D eigenvalue weighted by Gasteiger charge is -2.28. The molecule has 1 heterocycles. The zero-order valence-corrected chi connectivity index (χ0v) is 8.73. The first kappa shape index (κ1) is 8.97. The lowest BCUT2D eigenvalue weighted by molar-refractivity contribution is 0.432. The number of nitrogens with two attached hydrogens (primary N) is 1. The monoisotopic (exact) mass is 193 g/mol. The second-order valence-corrected chi connectivity index (χ2v) is 4.88. The van der Waals surface area contributed by atoms with E-state index in [2.05, 4.69) is 29.8 Å². The summed E-state index contributed by atoms with van der Waals surface area (Å²) in [7, 11) is 0. The van der Waals surface area contributed by atoms with Crippen molar-refractivity contribution in [1.82, 2.24) is 0 Å². The molecule has 0 fully saturated rings. The SMILES string of the molecule is CC1(N)CC=C(c2ccsc2)CC1. The summed E-state index contributed by atoms with van der Waals surface area (Å²) in [6, 6.07) is 2.19. The van der Waals surface area contributed by atoms with Crippen molar-refractivity contribution in [2.24, 2.45) is 5.73 Å². The molecule has 2 N–H and O–H groups in total. The molecule has 0 radical (unpaired) electrons. The van der Waals surface area contributed by atoms with E-state index in [1.54, 1.807) is 11.3 Å². The van der Waals surface area contributed by atoms with Crippen LogP contribution < -0.4 is 5.73 Å². The largest absolute Gasteiger partial charge is 0.325 e. The van der Waals surface area contributed by atoms with Gasteiger partial charge in [0.15, 0.2) is 0 Å². The van der Waals surface area contributed by atoms with Crippen LogP contribution in [0.25, 0.3) is 5.57 Å². The van der Waals surface area contributed by atoms with Crippen molar-refractivity contribution >= 4 is 16.9 Å². The molecular formula is C11H15NS. The van der Waals surface area contributed by atoms with Crippen LogP contribution >= 0.6 is 11.3 Å². The molecule has 0 aliphatic heterocycles. The fraction of sp³-hybridized carbons (Fsp3) is 0.455. The van der Waals surface area contributed by atoms with Crippen molar-refractivity contribution in [2.75, 3.05) is 0 Å². The third-order valence-electron chi connectivity index (χ3n) is 2.67. The Bertz CT molecular complexity index is 309. The maximum atomic E-state index is 6.05. The normalized spacial score (nSPS) is 28.6. The van der Waals surface area contributed by atoms with E-state index in [1.807, 2.05) is 0 Å². The summed E-state index contributed by atoms with van der Waals surface area (Å²) >= 11 is 1.76. The minimum absolute atomic E-state index is 0.0273. The molecule has 2 heteroatoms. The molecule has 1 aromatic heterocycles. The average Bonchev–Trinajstić information content (AvgIpc) is 2.56. The summed E-state index contributed by atoms with van der Waals surface area (Å²) < 4.78 is 0. The van der Waals surface area contributed by atoms with Crippen molar-refractivity contribution in [3.63, 3.8) is 0 Å². The van der Waals surface area contributed by atoms with Gasteiger partial charge in [-0.1, -0.05) is 6.08 Å². The van der Waals surface area contributed by atoms with Crippen molar-refractivity contribution < 1.29 is 0 Å². The Labute approximate surface area is 83.3 Å². The van der Waals surface area contributed by atoms with E-state index in [4.69, 9.17) is 5.73 Å². The van der Waals surface area contributed by atoms with Crippen molar-refractivity contribution in [1.29, 1.82) is 0 Å². The van der Waals surface area contributed by atoms with E-state index in [9.17, 15) is 0 Å². The summed E-state index contributed by atoms with van der Waals surface area (Å²) in [6.07, 6.45) is 5.54. The van der Waals surface area contributed by atoms with Crippen LogP contribution in [0.3, 0.4) is 0 Å². The highest BCUT2D eigenvalue weighted by Gasteiger charge is 2.22. The Morgan fingerprint density at radius 3 is 2.92 bits per heavy atom. The summed E-state index contributed by atoms with van der Waals surface area (Å²) in [4.78, 5) is 0. The highest BCUT2D eigenvalue weighted by atomic mass is 32.1. The highest BCUT2D eigenvalue weighted by molar-refractivity contribution is 7.08. The van der Waals surface area contributed by atoms with Gasteiger partial charge >= 0.3 is 0 Å². The molecule has 1 aliphatic rings. The predicted molar refractivity (Wildman–Crippen MR) is 58.7 cm³/mol. The molecule has 0 spiro atoms. The highest BCUT2D eigenvalue weighted by Crippen LogP contribution is 2.31. The second kappa shape index (κ2) is 3.28. The molecule has 2 rings (SSSR count). The third-order valence-corrected chi connectivity index (χ3v) is 3.36. The van der Waals surface area contributed by atoms with Gasteiger partial charge in [-0.15, -0.1) is 0 Å². The predicted octanol–water partition coefficient (Wildman–Crippen LogP) is 3.03. The van der Waals surface area contributed by atoms with Gasteiger partial charge in [-0.3, -0.25) is 0 Å². The van der Waals surface area contributed by atoms with E-state index >= 15 is 0 Å². The Kier molecular flexibility index (Phi) is 2.26. The standard InChI is InChI=1S/C11H15NS/c1-11(12)5-2-9(3-6-11)10-4-7-13-8-10/h2,4,7-8H,3,5-6,12H2,1H3. The Hall–Kier alpha value is -0.600. The minimum atomic E-state index is 0.0273. The van der Waals surface area contributed by atoms with Crippen LogP contribution in [0.15, 0.2) is 22.9 Å². The molecule has 1 aliphatic carbocycles. The first-order valence-corrected chi connectivity index (χ1v) is 5.62. The van der Waals surface area contributed by atoms with Crippen LogP contribution in [0.1, 0.15) is 31.7 Å². The third kappa shape index (κ3) is 2.01. The molecule has 0 saturated heterocycles. The van der Waals surface area contributed by atoms with Gasteiger partial charge in [-0.2, -0.15) is 11.3 Å². The van der Waals surface area contributed by atoms with Gasteiger partial charge < -0.3 is 5.73 Å². The number of rotatable bonds is 1. The lowest BCUT2D eigenvalue weighted by atomic mass is 9.83. The van der Waals surface area contributed by atoms with E-state index in [1.165, 1.54) is 11.1 Å². The van der Waals surface area contributed by atoms with Gasteiger partial charge in [0.1, 0.15) is 0 Å².